The molecule has 1 aliphatic heterocycles. The molecule has 0 bridgehead atoms. The molecule has 2 fully saturated rings. The van der Waals surface area contributed by atoms with Gasteiger partial charge in [0.1, 0.15) is 5.56 Å². The van der Waals surface area contributed by atoms with Crippen LogP contribution in [0.1, 0.15) is 36.5 Å². The molecule has 0 unspecified atom stereocenters. The highest BCUT2D eigenvalue weighted by molar-refractivity contribution is 5.97. The number of piperazine rings is 1. The number of fused-ring (bicyclic) bond motifs is 1. The fourth-order valence-corrected chi connectivity index (χ4v) is 4.64. The summed E-state index contributed by atoms with van der Waals surface area (Å²) in [5.74, 6) is -0.391. The van der Waals surface area contributed by atoms with Crippen LogP contribution < -0.4 is 10.9 Å². The fraction of sp³-hybridized carbons (Fsp3) is 0.500. The molecule has 1 aliphatic carbocycles. The number of rotatable bonds is 3. The van der Waals surface area contributed by atoms with Crippen LogP contribution in [0.25, 0.3) is 10.9 Å². The minimum Gasteiger partial charge on any atom is -0.389 e. The summed E-state index contributed by atoms with van der Waals surface area (Å²) in [6.45, 7) is 4.31. The average Bonchev–Trinajstić information content (AvgIpc) is 2.74. The van der Waals surface area contributed by atoms with Crippen LogP contribution in [0.15, 0.2) is 35.1 Å². The van der Waals surface area contributed by atoms with Crippen molar-refractivity contribution in [1.82, 2.24) is 20.1 Å². The van der Waals surface area contributed by atoms with Crippen molar-refractivity contribution in [2.45, 2.75) is 44.4 Å². The maximum absolute atomic E-state index is 12.8. The lowest BCUT2D eigenvalue weighted by atomic mass is 9.86. The third kappa shape index (κ3) is 4.11. The third-order valence-electron chi connectivity index (χ3n) is 6.36. The molecule has 160 valence electrons. The van der Waals surface area contributed by atoms with E-state index < -0.39 is 23.6 Å². The average molecular weight is 412 g/mol. The molecule has 0 radical (unpaired) electrons. The lowest BCUT2D eigenvalue weighted by molar-refractivity contribution is -0.131. The number of hydrogen-bond donors (Lipinski definition) is 3. The maximum Gasteiger partial charge on any atom is 0.261 e. The van der Waals surface area contributed by atoms with Crippen LogP contribution in [0, 0.1) is 0 Å². The molecular formula is C22H28N4O4. The summed E-state index contributed by atoms with van der Waals surface area (Å²) in [6.07, 6.45) is 1.69. The van der Waals surface area contributed by atoms with Gasteiger partial charge >= 0.3 is 0 Å². The number of aliphatic hydroxyl groups excluding tert-OH is 1. The Balaban J connectivity index is 1.44. The number of nitrogens with one attached hydrogen (secondary N) is 2. The van der Waals surface area contributed by atoms with Gasteiger partial charge in [0.25, 0.3) is 11.5 Å². The number of aromatic nitrogens is 1. The van der Waals surface area contributed by atoms with Gasteiger partial charge < -0.3 is 20.3 Å². The molecule has 4 rings (SSSR count). The van der Waals surface area contributed by atoms with Crippen LogP contribution >= 0.6 is 0 Å². The van der Waals surface area contributed by atoms with E-state index in [0.29, 0.717) is 38.1 Å². The Morgan fingerprint density at radius 1 is 1.13 bits per heavy atom. The number of pyridine rings is 1. The number of H-pyrrole nitrogens is 1. The smallest absolute Gasteiger partial charge is 0.261 e. The third-order valence-corrected chi connectivity index (χ3v) is 6.36. The lowest BCUT2D eigenvalue weighted by Gasteiger charge is -2.45. The molecule has 2 amide bonds. The molecule has 1 saturated heterocycles. The van der Waals surface area contributed by atoms with E-state index in [1.54, 1.807) is 19.1 Å². The van der Waals surface area contributed by atoms with Crippen LogP contribution in [0.4, 0.5) is 0 Å². The molecule has 2 aromatic rings. The fourth-order valence-electron chi connectivity index (χ4n) is 4.64. The zero-order chi connectivity index (χ0) is 21.3. The topological polar surface area (TPSA) is 106 Å². The summed E-state index contributed by atoms with van der Waals surface area (Å²) in [5, 5.41) is 14.6. The monoisotopic (exact) mass is 412 g/mol. The second-order valence-corrected chi connectivity index (χ2v) is 8.21. The maximum atomic E-state index is 12.8. The number of para-hydroxylation sites is 1. The zero-order valence-electron chi connectivity index (χ0n) is 17.1. The van der Waals surface area contributed by atoms with Gasteiger partial charge in [0, 0.05) is 44.7 Å². The van der Waals surface area contributed by atoms with E-state index in [4.69, 9.17) is 0 Å². The summed E-state index contributed by atoms with van der Waals surface area (Å²) in [5.41, 5.74) is 0.299. The van der Waals surface area contributed by atoms with E-state index in [2.05, 4.69) is 15.2 Å². The molecule has 1 aromatic carbocycles. The molecule has 30 heavy (non-hydrogen) atoms. The van der Waals surface area contributed by atoms with Crippen LogP contribution in [0.3, 0.4) is 0 Å². The number of hydrogen-bond acceptors (Lipinski definition) is 5. The quantitative estimate of drug-likeness (QED) is 0.688. The minimum absolute atomic E-state index is 0.0538. The lowest BCUT2D eigenvalue weighted by Crippen LogP contribution is -2.60. The van der Waals surface area contributed by atoms with E-state index in [9.17, 15) is 19.5 Å². The van der Waals surface area contributed by atoms with Crippen molar-refractivity contribution in [3.05, 3.63) is 46.2 Å². The largest absolute Gasteiger partial charge is 0.389 e. The predicted molar refractivity (Wildman–Crippen MR) is 113 cm³/mol. The van der Waals surface area contributed by atoms with Gasteiger partial charge in [0.2, 0.25) is 5.91 Å². The molecule has 8 heteroatoms. The van der Waals surface area contributed by atoms with Crippen LogP contribution in [-0.2, 0) is 4.79 Å². The number of aliphatic hydroxyl groups is 1. The molecule has 2 heterocycles. The Morgan fingerprint density at radius 2 is 1.87 bits per heavy atom. The Morgan fingerprint density at radius 3 is 2.60 bits per heavy atom. The number of aromatic amines is 1. The zero-order valence-corrected chi connectivity index (χ0v) is 17.1. The highest BCUT2D eigenvalue weighted by atomic mass is 16.3. The van der Waals surface area contributed by atoms with Crippen molar-refractivity contribution in [1.29, 1.82) is 0 Å². The summed E-state index contributed by atoms with van der Waals surface area (Å²) in [6, 6.07) is 8.43. The second kappa shape index (κ2) is 8.57. The van der Waals surface area contributed by atoms with Gasteiger partial charge in [0.05, 0.1) is 12.1 Å². The standard InChI is InChI=1S/C22H28N4O4/c1-14(27)25-9-11-26(12-10-25)19-8-4-7-18(20(19)28)24-22(30)16-13-15-5-2-3-6-17(15)23-21(16)29/h2-3,5-6,13,18-20,28H,4,7-12H2,1H3,(H,23,29)(H,24,30)/t18-,19-,20-/m1/s1. The van der Waals surface area contributed by atoms with Gasteiger partial charge in [-0.1, -0.05) is 18.2 Å². The Bertz CT molecular complexity index is 996. The van der Waals surface area contributed by atoms with Gasteiger partial charge in [-0.05, 0) is 36.8 Å². The first-order chi connectivity index (χ1) is 14.4. The molecule has 3 atom stereocenters. The normalized spacial score (nSPS) is 25.3. The molecule has 1 saturated carbocycles. The number of carbonyl (C=O) groups is 2. The highest BCUT2D eigenvalue weighted by Crippen LogP contribution is 2.25. The molecule has 8 nitrogen and oxygen atoms in total. The Kier molecular flexibility index (Phi) is 5.87. The van der Waals surface area contributed by atoms with Crippen LogP contribution in [-0.4, -0.2) is 76.1 Å². The first-order valence-corrected chi connectivity index (χ1v) is 10.5. The van der Waals surface area contributed by atoms with Crippen molar-refractivity contribution in [2.24, 2.45) is 0 Å². The molecule has 3 N–H and O–H groups in total. The molecule has 2 aliphatic rings. The van der Waals surface area contributed by atoms with Gasteiger partial charge in [-0.15, -0.1) is 0 Å². The predicted octanol–water partition coefficient (Wildman–Crippen LogP) is 0.704. The van der Waals surface area contributed by atoms with Crippen molar-refractivity contribution in [2.75, 3.05) is 26.2 Å². The van der Waals surface area contributed by atoms with Gasteiger partial charge in [0.15, 0.2) is 0 Å². The molecular weight excluding hydrogens is 384 g/mol. The van der Waals surface area contributed by atoms with Gasteiger partial charge in [-0.3, -0.25) is 19.3 Å². The number of nitrogens with zero attached hydrogens (tertiary/aromatic N) is 2. The van der Waals surface area contributed by atoms with Crippen LogP contribution in [0.2, 0.25) is 0 Å². The van der Waals surface area contributed by atoms with Crippen molar-refractivity contribution < 1.29 is 14.7 Å². The van der Waals surface area contributed by atoms with Crippen molar-refractivity contribution in [3.8, 4) is 0 Å². The summed E-state index contributed by atoms with van der Waals surface area (Å²) >= 11 is 0. The second-order valence-electron chi connectivity index (χ2n) is 8.21. The van der Waals surface area contributed by atoms with E-state index in [1.807, 2.05) is 23.1 Å². The minimum atomic E-state index is -0.717. The number of benzene rings is 1. The van der Waals surface area contributed by atoms with E-state index in [0.717, 1.165) is 18.2 Å². The highest BCUT2D eigenvalue weighted by Gasteiger charge is 2.37. The summed E-state index contributed by atoms with van der Waals surface area (Å²) in [4.78, 5) is 43.5. The molecule has 1 aromatic heterocycles. The van der Waals surface area contributed by atoms with Crippen LogP contribution in [0.5, 0.6) is 0 Å². The summed E-state index contributed by atoms with van der Waals surface area (Å²) < 4.78 is 0. The Labute approximate surface area is 174 Å². The summed E-state index contributed by atoms with van der Waals surface area (Å²) in [7, 11) is 0. The van der Waals surface area contributed by atoms with Crippen molar-refractivity contribution >= 4 is 22.7 Å². The Hall–Kier alpha value is -2.71. The first-order valence-electron chi connectivity index (χ1n) is 10.5. The molecule has 0 spiro atoms. The number of carbonyl (C=O) groups excluding carboxylic acids is 2. The van der Waals surface area contributed by atoms with Crippen molar-refractivity contribution in [3.63, 3.8) is 0 Å². The van der Waals surface area contributed by atoms with E-state index in [1.165, 1.54) is 0 Å². The first kappa shape index (κ1) is 20.6. The SMILES string of the molecule is CC(=O)N1CCN([C@@H]2CCC[C@@H](NC(=O)c3cc4ccccc4[nH]c3=O)[C@H]2O)CC1. The van der Waals surface area contributed by atoms with Gasteiger partial charge in [-0.25, -0.2) is 0 Å². The number of amides is 2. The van der Waals surface area contributed by atoms with Gasteiger partial charge in [-0.2, -0.15) is 0 Å². The van der Waals surface area contributed by atoms with E-state index >= 15 is 0 Å². The van der Waals surface area contributed by atoms with E-state index in [-0.39, 0.29) is 17.5 Å².